The molecular weight excluding hydrogens is 292 g/mol. The maximum atomic E-state index is 12.8. The zero-order valence-corrected chi connectivity index (χ0v) is 13.4. The number of aromatic nitrogens is 2. The van der Waals surface area contributed by atoms with E-state index in [4.69, 9.17) is 4.98 Å². The van der Waals surface area contributed by atoms with E-state index in [1.807, 2.05) is 29.7 Å². The predicted octanol–water partition coefficient (Wildman–Crippen LogP) is 4.02. The molecule has 1 aromatic carbocycles. The summed E-state index contributed by atoms with van der Waals surface area (Å²) >= 11 is 1.62. The predicted molar refractivity (Wildman–Crippen MR) is 92.3 cm³/mol. The molecule has 3 aromatic rings. The van der Waals surface area contributed by atoms with Gasteiger partial charge in [-0.2, -0.15) is 0 Å². The highest BCUT2D eigenvalue weighted by Crippen LogP contribution is 2.31. The molecule has 1 aliphatic heterocycles. The Morgan fingerprint density at radius 3 is 2.77 bits per heavy atom. The number of fused-ring (bicyclic) bond motifs is 2. The molecule has 3 heterocycles. The van der Waals surface area contributed by atoms with Crippen molar-refractivity contribution < 1.29 is 0 Å². The summed E-state index contributed by atoms with van der Waals surface area (Å²) in [6.07, 6.45) is 3.01. The lowest BCUT2D eigenvalue weighted by atomic mass is 10.1. The first-order chi connectivity index (χ1) is 10.6. The number of aryl methyl sites for hydroxylation is 2. The first-order valence-electron chi connectivity index (χ1n) is 7.41. The topological polar surface area (TPSA) is 34.9 Å². The molecule has 4 rings (SSSR count). The molecular formula is C18H16N2OS. The summed E-state index contributed by atoms with van der Waals surface area (Å²) in [5.74, 6) is 0.836. The van der Waals surface area contributed by atoms with Crippen molar-refractivity contribution in [1.82, 2.24) is 9.55 Å². The van der Waals surface area contributed by atoms with Gasteiger partial charge in [-0.25, -0.2) is 4.98 Å². The molecule has 0 saturated carbocycles. The Bertz CT molecular complexity index is 964. The van der Waals surface area contributed by atoms with Crippen LogP contribution in [0, 0.1) is 13.8 Å². The van der Waals surface area contributed by atoms with Crippen LogP contribution in [0.25, 0.3) is 21.9 Å². The van der Waals surface area contributed by atoms with Gasteiger partial charge < -0.3 is 0 Å². The Labute approximate surface area is 132 Å². The van der Waals surface area contributed by atoms with Gasteiger partial charge in [0.25, 0.3) is 5.56 Å². The molecule has 0 aliphatic carbocycles. The van der Waals surface area contributed by atoms with E-state index >= 15 is 0 Å². The highest BCUT2D eigenvalue weighted by atomic mass is 32.1. The number of hydrogen-bond donors (Lipinski definition) is 0. The van der Waals surface area contributed by atoms with Crippen LogP contribution in [-0.2, 0) is 6.54 Å². The van der Waals surface area contributed by atoms with Crippen LogP contribution in [0.5, 0.6) is 0 Å². The molecule has 0 N–H and O–H groups in total. The molecule has 4 heteroatoms. The van der Waals surface area contributed by atoms with E-state index in [0.717, 1.165) is 45.7 Å². The Kier molecular flexibility index (Phi) is 3.01. The minimum absolute atomic E-state index is 0.110. The fourth-order valence-electron chi connectivity index (χ4n) is 3.01. The van der Waals surface area contributed by atoms with E-state index < -0.39 is 0 Å². The SMILES string of the molecule is Cc1sc2nc3n(c(=O)c2c1C)CC/C3=C/c1ccccc1. The first kappa shape index (κ1) is 13.5. The summed E-state index contributed by atoms with van der Waals surface area (Å²) in [6, 6.07) is 10.2. The molecule has 3 nitrogen and oxygen atoms in total. The highest BCUT2D eigenvalue weighted by molar-refractivity contribution is 7.18. The fourth-order valence-corrected chi connectivity index (χ4v) is 4.03. The number of allylic oxidation sites excluding steroid dienone is 1. The highest BCUT2D eigenvalue weighted by Gasteiger charge is 2.23. The van der Waals surface area contributed by atoms with Crippen molar-refractivity contribution in [2.24, 2.45) is 0 Å². The van der Waals surface area contributed by atoms with Gasteiger partial charge in [0, 0.05) is 11.4 Å². The lowest BCUT2D eigenvalue weighted by Crippen LogP contribution is -2.20. The molecule has 0 spiro atoms. The third-order valence-electron chi connectivity index (χ3n) is 4.32. The normalized spacial score (nSPS) is 15.6. The number of hydrogen-bond acceptors (Lipinski definition) is 3. The standard InChI is InChI=1S/C18H16N2OS/c1-11-12(2)22-17-15(11)18(21)20-9-8-14(16(20)19-17)10-13-6-4-3-5-7-13/h3-7,10H,8-9H2,1-2H3/b14-10-. The van der Waals surface area contributed by atoms with E-state index in [1.165, 1.54) is 4.88 Å². The van der Waals surface area contributed by atoms with Crippen LogP contribution in [-0.4, -0.2) is 9.55 Å². The average molecular weight is 308 g/mol. The molecule has 2 aromatic heterocycles. The van der Waals surface area contributed by atoms with Gasteiger partial charge in [-0.15, -0.1) is 11.3 Å². The van der Waals surface area contributed by atoms with Crippen molar-refractivity contribution in [2.45, 2.75) is 26.8 Å². The minimum Gasteiger partial charge on any atom is -0.292 e. The van der Waals surface area contributed by atoms with Crippen LogP contribution in [0.1, 0.15) is 28.2 Å². The molecule has 0 atom stereocenters. The monoisotopic (exact) mass is 308 g/mol. The lowest BCUT2D eigenvalue weighted by Gasteiger charge is -2.03. The van der Waals surface area contributed by atoms with E-state index in [1.54, 1.807) is 11.3 Å². The Morgan fingerprint density at radius 2 is 2.00 bits per heavy atom. The summed E-state index contributed by atoms with van der Waals surface area (Å²) in [6.45, 7) is 4.79. The van der Waals surface area contributed by atoms with Crippen molar-refractivity contribution >= 4 is 33.2 Å². The maximum absolute atomic E-state index is 12.8. The van der Waals surface area contributed by atoms with Crippen molar-refractivity contribution in [3.8, 4) is 0 Å². The second-order valence-electron chi connectivity index (χ2n) is 5.69. The van der Waals surface area contributed by atoms with Gasteiger partial charge >= 0.3 is 0 Å². The van der Waals surface area contributed by atoms with Gasteiger partial charge in [0.15, 0.2) is 0 Å². The Hall–Kier alpha value is -2.20. The molecule has 0 radical (unpaired) electrons. The molecule has 1 aliphatic rings. The van der Waals surface area contributed by atoms with Crippen LogP contribution in [0.3, 0.4) is 0 Å². The van der Waals surface area contributed by atoms with Crippen LogP contribution in [0.15, 0.2) is 35.1 Å². The molecule has 110 valence electrons. The molecule has 0 unspecified atom stereocenters. The van der Waals surface area contributed by atoms with Gasteiger partial charge in [-0.05, 0) is 43.0 Å². The smallest absolute Gasteiger partial charge is 0.262 e. The lowest BCUT2D eigenvalue weighted by molar-refractivity contribution is 0.726. The first-order valence-corrected chi connectivity index (χ1v) is 8.23. The molecule has 0 fully saturated rings. The van der Waals surface area contributed by atoms with Gasteiger partial charge in [0.2, 0.25) is 0 Å². The summed E-state index contributed by atoms with van der Waals surface area (Å²) in [5.41, 5.74) is 3.49. The number of nitrogens with zero attached hydrogens (tertiary/aromatic N) is 2. The Balaban J connectivity index is 1.94. The van der Waals surface area contributed by atoms with Crippen LogP contribution < -0.4 is 5.56 Å². The maximum Gasteiger partial charge on any atom is 0.262 e. The van der Waals surface area contributed by atoms with E-state index in [2.05, 4.69) is 25.1 Å². The van der Waals surface area contributed by atoms with Crippen LogP contribution >= 0.6 is 11.3 Å². The zero-order chi connectivity index (χ0) is 15.3. The third kappa shape index (κ3) is 1.95. The van der Waals surface area contributed by atoms with Crippen molar-refractivity contribution in [3.05, 3.63) is 62.5 Å². The molecule has 0 amide bonds. The van der Waals surface area contributed by atoms with Gasteiger partial charge in [-0.1, -0.05) is 30.3 Å². The van der Waals surface area contributed by atoms with Crippen LogP contribution in [0.4, 0.5) is 0 Å². The number of benzene rings is 1. The van der Waals surface area contributed by atoms with Crippen molar-refractivity contribution in [3.63, 3.8) is 0 Å². The summed E-state index contributed by atoms with van der Waals surface area (Å²) < 4.78 is 1.83. The molecule has 22 heavy (non-hydrogen) atoms. The zero-order valence-electron chi connectivity index (χ0n) is 12.6. The second-order valence-corrected chi connectivity index (χ2v) is 6.89. The van der Waals surface area contributed by atoms with Gasteiger partial charge in [0.05, 0.1) is 5.39 Å². The van der Waals surface area contributed by atoms with Crippen molar-refractivity contribution in [2.75, 3.05) is 0 Å². The number of thiophene rings is 1. The molecule has 0 bridgehead atoms. The largest absolute Gasteiger partial charge is 0.292 e. The number of rotatable bonds is 1. The van der Waals surface area contributed by atoms with E-state index in [0.29, 0.717) is 0 Å². The molecule has 0 saturated heterocycles. The van der Waals surface area contributed by atoms with Crippen LogP contribution in [0.2, 0.25) is 0 Å². The van der Waals surface area contributed by atoms with E-state index in [-0.39, 0.29) is 5.56 Å². The third-order valence-corrected chi connectivity index (χ3v) is 5.42. The quantitative estimate of drug-likeness (QED) is 0.680. The van der Waals surface area contributed by atoms with Crippen molar-refractivity contribution in [1.29, 1.82) is 0 Å². The summed E-state index contributed by atoms with van der Waals surface area (Å²) in [7, 11) is 0. The second kappa shape index (κ2) is 4.92. The fraction of sp³-hybridized carbons (Fsp3) is 0.222. The van der Waals surface area contributed by atoms with Gasteiger partial charge in [0.1, 0.15) is 10.7 Å². The average Bonchev–Trinajstić information content (AvgIpc) is 3.03. The summed E-state index contributed by atoms with van der Waals surface area (Å²) in [4.78, 5) is 19.6. The Morgan fingerprint density at radius 1 is 1.23 bits per heavy atom. The summed E-state index contributed by atoms with van der Waals surface area (Å²) in [5, 5.41) is 0.798. The van der Waals surface area contributed by atoms with Gasteiger partial charge in [-0.3, -0.25) is 9.36 Å². The van der Waals surface area contributed by atoms with E-state index in [9.17, 15) is 4.79 Å². The minimum atomic E-state index is 0.110.